The van der Waals surface area contributed by atoms with Crippen LogP contribution in [0.3, 0.4) is 0 Å². The maximum atomic E-state index is 5.30. The Labute approximate surface area is 103 Å². The van der Waals surface area contributed by atoms with E-state index < -0.39 is 0 Å². The molecule has 0 spiro atoms. The van der Waals surface area contributed by atoms with Gasteiger partial charge in [-0.2, -0.15) is 0 Å². The molecule has 0 nitrogen and oxygen atoms in total. The Bertz CT molecular complexity index is 197. The van der Waals surface area contributed by atoms with Crippen molar-refractivity contribution in [3.8, 4) is 12.3 Å². The molecule has 0 saturated carbocycles. The van der Waals surface area contributed by atoms with Crippen LogP contribution in [0.1, 0.15) is 65.2 Å². The van der Waals surface area contributed by atoms with Crippen molar-refractivity contribution >= 4 is 0 Å². The Kier molecular flexibility index (Phi) is 10.3. The minimum absolute atomic E-state index is 0.845. The Balaban J connectivity index is 3.87. The lowest BCUT2D eigenvalue weighted by Crippen LogP contribution is -2.11. The zero-order chi connectivity index (χ0) is 12.2. The first-order valence-electron chi connectivity index (χ1n) is 6.80. The van der Waals surface area contributed by atoms with Gasteiger partial charge in [0.05, 0.1) is 0 Å². The summed E-state index contributed by atoms with van der Waals surface area (Å²) in [6, 6.07) is 0. The van der Waals surface area contributed by atoms with Crippen LogP contribution in [0.4, 0.5) is 0 Å². The average Bonchev–Trinajstić information content (AvgIpc) is 2.28. The summed E-state index contributed by atoms with van der Waals surface area (Å²) in [7, 11) is 0. The molecule has 0 saturated heterocycles. The Morgan fingerprint density at radius 1 is 1.25 bits per heavy atom. The first kappa shape index (κ1) is 15.3. The van der Waals surface area contributed by atoms with Gasteiger partial charge in [-0.15, -0.1) is 18.9 Å². The Hall–Kier alpha value is -0.700. The van der Waals surface area contributed by atoms with Crippen LogP contribution in [0.5, 0.6) is 0 Å². The minimum Gasteiger partial charge on any atom is -0.120 e. The van der Waals surface area contributed by atoms with Crippen LogP contribution in [-0.4, -0.2) is 0 Å². The molecule has 0 aliphatic carbocycles. The molecule has 0 heteroatoms. The summed E-state index contributed by atoms with van der Waals surface area (Å²) in [6.07, 6.45) is 17.2. The van der Waals surface area contributed by atoms with Gasteiger partial charge in [-0.05, 0) is 37.5 Å². The maximum absolute atomic E-state index is 5.30. The fourth-order valence-electron chi connectivity index (χ4n) is 2.37. The predicted molar refractivity (Wildman–Crippen MR) is 74.3 cm³/mol. The molecule has 0 aromatic heterocycles. The van der Waals surface area contributed by atoms with E-state index in [4.69, 9.17) is 6.42 Å². The maximum Gasteiger partial charge on any atom is 0.00861 e. The van der Waals surface area contributed by atoms with Gasteiger partial charge in [0.1, 0.15) is 0 Å². The highest BCUT2D eigenvalue weighted by Crippen LogP contribution is 2.27. The molecule has 0 fully saturated rings. The van der Waals surface area contributed by atoms with Gasteiger partial charge >= 0.3 is 0 Å². The van der Waals surface area contributed by atoms with Crippen molar-refractivity contribution in [3.63, 3.8) is 0 Å². The molecule has 0 aliphatic rings. The molecule has 0 bridgehead atoms. The van der Waals surface area contributed by atoms with E-state index >= 15 is 0 Å². The highest BCUT2D eigenvalue weighted by molar-refractivity contribution is 4.83. The molecule has 0 heterocycles. The summed E-state index contributed by atoms with van der Waals surface area (Å²) in [5.41, 5.74) is 0. The summed E-state index contributed by atoms with van der Waals surface area (Å²) < 4.78 is 0. The number of unbranched alkanes of at least 4 members (excludes halogenated alkanes) is 2. The van der Waals surface area contributed by atoms with Gasteiger partial charge in [-0.1, -0.05) is 39.2 Å². The summed E-state index contributed by atoms with van der Waals surface area (Å²) in [5, 5.41) is 0. The van der Waals surface area contributed by atoms with E-state index in [-0.39, 0.29) is 0 Å². The zero-order valence-corrected chi connectivity index (χ0v) is 11.2. The molecule has 92 valence electrons. The van der Waals surface area contributed by atoms with Gasteiger partial charge in [0.25, 0.3) is 0 Å². The van der Waals surface area contributed by atoms with Crippen molar-refractivity contribution in [1.82, 2.24) is 0 Å². The number of rotatable bonds is 10. The van der Waals surface area contributed by atoms with Crippen LogP contribution in [-0.2, 0) is 0 Å². The smallest absolute Gasteiger partial charge is 0.00861 e. The highest BCUT2D eigenvalue weighted by Gasteiger charge is 2.15. The fraction of sp³-hybridized carbons (Fsp3) is 0.750. The first-order chi connectivity index (χ1) is 7.76. The second-order valence-corrected chi connectivity index (χ2v) is 4.84. The molecule has 0 aliphatic heterocycles. The van der Waals surface area contributed by atoms with Crippen LogP contribution < -0.4 is 0 Å². The third-order valence-electron chi connectivity index (χ3n) is 3.43. The van der Waals surface area contributed by atoms with Gasteiger partial charge in [0, 0.05) is 6.42 Å². The van der Waals surface area contributed by atoms with Crippen LogP contribution in [0.25, 0.3) is 0 Å². The van der Waals surface area contributed by atoms with Crippen molar-refractivity contribution in [2.45, 2.75) is 65.2 Å². The normalized spacial score (nSPS) is 14.1. The topological polar surface area (TPSA) is 0 Å². The first-order valence-corrected chi connectivity index (χ1v) is 6.80. The van der Waals surface area contributed by atoms with Crippen LogP contribution >= 0.6 is 0 Å². The monoisotopic (exact) mass is 220 g/mol. The molecule has 0 aromatic carbocycles. The molecule has 0 rings (SSSR count). The van der Waals surface area contributed by atoms with Gasteiger partial charge in [-0.25, -0.2) is 0 Å². The molecule has 0 radical (unpaired) electrons. The number of hydrogen-bond donors (Lipinski definition) is 0. The van der Waals surface area contributed by atoms with Crippen LogP contribution in [0.15, 0.2) is 12.7 Å². The van der Waals surface area contributed by atoms with Gasteiger partial charge in [0.15, 0.2) is 0 Å². The van der Waals surface area contributed by atoms with E-state index in [1.54, 1.807) is 0 Å². The van der Waals surface area contributed by atoms with Gasteiger partial charge < -0.3 is 0 Å². The zero-order valence-electron chi connectivity index (χ0n) is 11.2. The second-order valence-electron chi connectivity index (χ2n) is 4.84. The second kappa shape index (κ2) is 10.8. The third kappa shape index (κ3) is 7.57. The third-order valence-corrected chi connectivity index (χ3v) is 3.43. The summed E-state index contributed by atoms with van der Waals surface area (Å²) in [5.74, 6) is 4.47. The molecule has 16 heavy (non-hydrogen) atoms. The SMILES string of the molecule is C#CCCCC(CCC)C(C)CCCC=C. The molecule has 0 amide bonds. The molecule has 2 atom stereocenters. The van der Waals surface area contributed by atoms with E-state index in [0.717, 1.165) is 24.7 Å². The largest absolute Gasteiger partial charge is 0.120 e. The minimum atomic E-state index is 0.845. The van der Waals surface area contributed by atoms with Crippen molar-refractivity contribution in [2.24, 2.45) is 11.8 Å². The van der Waals surface area contributed by atoms with Crippen LogP contribution in [0, 0.1) is 24.2 Å². The molecule has 2 unspecified atom stereocenters. The average molecular weight is 220 g/mol. The number of terminal acetylenes is 1. The van der Waals surface area contributed by atoms with Crippen LogP contribution in [0.2, 0.25) is 0 Å². The Morgan fingerprint density at radius 3 is 2.56 bits per heavy atom. The summed E-state index contributed by atoms with van der Waals surface area (Å²) in [6.45, 7) is 8.46. The lowest BCUT2D eigenvalue weighted by atomic mass is 9.83. The van der Waals surface area contributed by atoms with Crippen molar-refractivity contribution in [2.75, 3.05) is 0 Å². The highest BCUT2D eigenvalue weighted by atomic mass is 14.2. The fourth-order valence-corrected chi connectivity index (χ4v) is 2.37. The summed E-state index contributed by atoms with van der Waals surface area (Å²) in [4.78, 5) is 0. The van der Waals surface area contributed by atoms with E-state index in [2.05, 4.69) is 26.3 Å². The van der Waals surface area contributed by atoms with Crippen molar-refractivity contribution in [3.05, 3.63) is 12.7 Å². The quantitative estimate of drug-likeness (QED) is 0.270. The number of hydrogen-bond acceptors (Lipinski definition) is 0. The van der Waals surface area contributed by atoms with Gasteiger partial charge in [0.2, 0.25) is 0 Å². The standard InChI is InChI=1S/C16H28/c1-5-8-10-13-15(4)16(12-7-3)14-11-9-6-2/h2,5,15-16H,1,7-14H2,3-4H3. The van der Waals surface area contributed by atoms with Crippen molar-refractivity contribution in [1.29, 1.82) is 0 Å². The molecule has 0 N–H and O–H groups in total. The molecular formula is C16H28. The lowest BCUT2D eigenvalue weighted by Gasteiger charge is -2.23. The van der Waals surface area contributed by atoms with E-state index in [9.17, 15) is 0 Å². The van der Waals surface area contributed by atoms with E-state index in [0.29, 0.717) is 0 Å². The van der Waals surface area contributed by atoms with Crippen molar-refractivity contribution < 1.29 is 0 Å². The number of allylic oxidation sites excluding steroid dienone is 1. The van der Waals surface area contributed by atoms with Gasteiger partial charge in [-0.3, -0.25) is 0 Å². The summed E-state index contributed by atoms with van der Waals surface area (Å²) >= 11 is 0. The van der Waals surface area contributed by atoms with E-state index in [1.807, 2.05) is 6.08 Å². The van der Waals surface area contributed by atoms with E-state index in [1.165, 1.54) is 38.5 Å². The predicted octanol–water partition coefficient (Wildman–Crippen LogP) is 5.20. The molecule has 0 aromatic rings. The lowest BCUT2D eigenvalue weighted by molar-refractivity contribution is 0.288. The Morgan fingerprint density at radius 2 is 2.00 bits per heavy atom. The molecular weight excluding hydrogens is 192 g/mol.